The van der Waals surface area contributed by atoms with Gasteiger partial charge in [0.05, 0.1) is 4.86 Å². The Morgan fingerprint density at radius 3 is 1.92 bits per heavy atom. The molecule has 0 unspecified atom stereocenters. The molecule has 0 fully saturated rings. The van der Waals surface area contributed by atoms with Gasteiger partial charge < -0.3 is 0 Å². The molecule has 0 radical (unpaired) electrons. The highest BCUT2D eigenvalue weighted by Gasteiger charge is 2.34. The topological polar surface area (TPSA) is 30.7 Å². The molecule has 0 bridgehead atoms. The normalized spacial score (nSPS) is 11.5. The summed E-state index contributed by atoms with van der Waals surface area (Å²) in [6.45, 7) is 3.96. The van der Waals surface area contributed by atoms with E-state index < -0.39 is 8.07 Å². The maximum Gasteiger partial charge on any atom is 0.164 e. The molecule has 1 heterocycles. The van der Waals surface area contributed by atoms with Crippen molar-refractivity contribution < 1.29 is 8.78 Å². The number of aromatic nitrogens is 3. The van der Waals surface area contributed by atoms with Crippen LogP contribution < -0.4 is 10.4 Å². The van der Waals surface area contributed by atoms with Crippen LogP contribution in [0, 0.1) is 11.6 Å². The Morgan fingerprint density at radius 1 is 1.00 bits per heavy atom. The Labute approximate surface area is 151 Å². The molecule has 0 saturated heterocycles. The molecule has 0 aliphatic heterocycles. The van der Waals surface area contributed by atoms with E-state index in [1.165, 1.54) is 30.6 Å². The SMILES string of the molecule is CC(=S)c1ncnn1C[Si](C)(c1ccc(F)cc1)c1ccc(F)cc1. The second kappa shape index (κ2) is 6.93. The summed E-state index contributed by atoms with van der Waals surface area (Å²) in [4.78, 5) is 4.89. The Morgan fingerprint density at radius 2 is 1.48 bits per heavy atom. The average molecular weight is 374 g/mol. The summed E-state index contributed by atoms with van der Waals surface area (Å²) in [7, 11) is -2.36. The molecule has 1 aromatic heterocycles. The Kier molecular flexibility index (Phi) is 4.87. The van der Waals surface area contributed by atoms with E-state index in [1.807, 2.05) is 6.92 Å². The van der Waals surface area contributed by atoms with Crippen LogP contribution in [0.15, 0.2) is 54.9 Å². The molecule has 25 heavy (non-hydrogen) atoms. The van der Waals surface area contributed by atoms with Gasteiger partial charge in [0.25, 0.3) is 0 Å². The molecule has 0 aliphatic carbocycles. The molecule has 3 aromatic rings. The van der Waals surface area contributed by atoms with Crippen LogP contribution >= 0.6 is 12.2 Å². The maximum atomic E-state index is 13.4. The fourth-order valence-corrected chi connectivity index (χ4v) is 6.43. The summed E-state index contributed by atoms with van der Waals surface area (Å²) in [5, 5.41) is 6.38. The van der Waals surface area contributed by atoms with Crippen LogP contribution in [0.25, 0.3) is 0 Å². The number of hydrogen-bond acceptors (Lipinski definition) is 3. The minimum atomic E-state index is -2.36. The highest BCUT2D eigenvalue weighted by atomic mass is 32.1. The van der Waals surface area contributed by atoms with Crippen LogP contribution in [0.3, 0.4) is 0 Å². The van der Waals surface area contributed by atoms with E-state index in [0.29, 0.717) is 16.9 Å². The highest BCUT2D eigenvalue weighted by Crippen LogP contribution is 2.12. The van der Waals surface area contributed by atoms with Crippen molar-refractivity contribution in [2.24, 2.45) is 0 Å². The summed E-state index contributed by atoms with van der Waals surface area (Å²) in [5.41, 5.74) is 0. The fourth-order valence-electron chi connectivity index (χ4n) is 2.94. The lowest BCUT2D eigenvalue weighted by Gasteiger charge is -2.29. The van der Waals surface area contributed by atoms with Gasteiger partial charge in [0.1, 0.15) is 26.0 Å². The number of benzene rings is 2. The molecule has 0 N–H and O–H groups in total. The van der Waals surface area contributed by atoms with E-state index in [9.17, 15) is 8.78 Å². The first kappa shape index (κ1) is 17.6. The van der Waals surface area contributed by atoms with Gasteiger partial charge in [0.15, 0.2) is 5.82 Å². The predicted octanol–water partition coefficient (Wildman–Crippen LogP) is 2.73. The van der Waals surface area contributed by atoms with Crippen molar-refractivity contribution in [1.29, 1.82) is 0 Å². The van der Waals surface area contributed by atoms with Crippen molar-refractivity contribution in [3.8, 4) is 0 Å². The van der Waals surface area contributed by atoms with E-state index >= 15 is 0 Å². The second-order valence-electron chi connectivity index (χ2n) is 6.14. The standard InChI is InChI=1S/C18H17F2N3SSi/c1-13(24)18-21-11-22-23(18)12-25(2,16-7-3-14(19)4-8-16)17-9-5-15(20)6-10-17/h3-11H,12H2,1-2H3. The minimum absolute atomic E-state index is 0.282. The first-order chi connectivity index (χ1) is 11.9. The zero-order chi connectivity index (χ0) is 18.0. The number of hydrogen-bond donors (Lipinski definition) is 0. The summed E-state index contributed by atoms with van der Waals surface area (Å²) in [5.74, 6) is 0.0868. The van der Waals surface area contributed by atoms with Gasteiger partial charge in [0.2, 0.25) is 0 Å². The van der Waals surface area contributed by atoms with E-state index in [4.69, 9.17) is 12.2 Å². The molecular weight excluding hydrogens is 356 g/mol. The number of rotatable bonds is 5. The van der Waals surface area contributed by atoms with E-state index in [-0.39, 0.29) is 11.6 Å². The number of nitrogens with zero attached hydrogens (tertiary/aromatic N) is 3. The Bertz CT molecular complexity index is 846. The molecular formula is C18H17F2N3SSi. The van der Waals surface area contributed by atoms with Gasteiger partial charge in [-0.25, -0.2) is 18.4 Å². The molecule has 3 nitrogen and oxygen atoms in total. The van der Waals surface area contributed by atoms with Crippen molar-refractivity contribution in [3.05, 3.63) is 72.3 Å². The summed E-state index contributed by atoms with van der Waals surface area (Å²) < 4.78 is 28.6. The highest BCUT2D eigenvalue weighted by molar-refractivity contribution is 7.80. The van der Waals surface area contributed by atoms with Crippen molar-refractivity contribution in [2.45, 2.75) is 19.6 Å². The lowest BCUT2D eigenvalue weighted by Crippen LogP contribution is -2.59. The predicted molar refractivity (Wildman–Crippen MR) is 101 cm³/mol. The van der Waals surface area contributed by atoms with Gasteiger partial charge in [-0.3, -0.25) is 0 Å². The van der Waals surface area contributed by atoms with Gasteiger partial charge in [0, 0.05) is 6.17 Å². The smallest absolute Gasteiger partial charge is 0.164 e. The minimum Gasteiger partial charge on any atom is -0.248 e. The van der Waals surface area contributed by atoms with E-state index in [2.05, 4.69) is 16.6 Å². The van der Waals surface area contributed by atoms with Gasteiger partial charge >= 0.3 is 0 Å². The molecule has 0 atom stereocenters. The van der Waals surface area contributed by atoms with Gasteiger partial charge in [-0.15, -0.1) is 0 Å². The quantitative estimate of drug-likeness (QED) is 0.391. The maximum absolute atomic E-state index is 13.4. The monoisotopic (exact) mass is 373 g/mol. The zero-order valence-electron chi connectivity index (χ0n) is 13.9. The largest absolute Gasteiger partial charge is 0.248 e. The molecule has 128 valence electrons. The fraction of sp³-hybridized carbons (Fsp3) is 0.167. The van der Waals surface area contributed by atoms with Crippen LogP contribution in [0.5, 0.6) is 0 Å². The van der Waals surface area contributed by atoms with Gasteiger partial charge in [-0.05, 0) is 31.2 Å². The van der Waals surface area contributed by atoms with Crippen LogP contribution in [-0.4, -0.2) is 27.7 Å². The first-order valence-corrected chi connectivity index (χ1v) is 10.9. The Hall–Kier alpha value is -2.25. The van der Waals surface area contributed by atoms with Crippen molar-refractivity contribution >= 4 is 35.5 Å². The van der Waals surface area contributed by atoms with Crippen LogP contribution in [0.4, 0.5) is 8.78 Å². The zero-order valence-corrected chi connectivity index (χ0v) is 15.7. The molecule has 0 saturated carbocycles. The number of thiocarbonyl (C=S) groups is 1. The second-order valence-corrected chi connectivity index (χ2v) is 10.9. The first-order valence-electron chi connectivity index (χ1n) is 7.81. The molecule has 0 amide bonds. The number of halogens is 2. The van der Waals surface area contributed by atoms with Crippen molar-refractivity contribution in [1.82, 2.24) is 14.8 Å². The summed E-state index contributed by atoms with van der Waals surface area (Å²) >= 11 is 5.25. The summed E-state index contributed by atoms with van der Waals surface area (Å²) in [6.07, 6.45) is 2.06. The third-order valence-electron chi connectivity index (χ3n) is 4.36. The van der Waals surface area contributed by atoms with E-state index in [0.717, 1.165) is 10.4 Å². The molecule has 0 spiro atoms. The Balaban J connectivity index is 2.11. The van der Waals surface area contributed by atoms with Gasteiger partial charge in [-0.1, -0.05) is 53.4 Å². The van der Waals surface area contributed by atoms with Crippen LogP contribution in [0.2, 0.25) is 6.55 Å². The average Bonchev–Trinajstić information content (AvgIpc) is 3.04. The lowest BCUT2D eigenvalue weighted by molar-refractivity contribution is 0.628. The van der Waals surface area contributed by atoms with Crippen LogP contribution in [0.1, 0.15) is 12.7 Å². The van der Waals surface area contributed by atoms with Crippen molar-refractivity contribution in [3.63, 3.8) is 0 Å². The van der Waals surface area contributed by atoms with E-state index in [1.54, 1.807) is 28.9 Å². The molecule has 0 aliphatic rings. The third-order valence-corrected chi connectivity index (χ3v) is 8.69. The lowest BCUT2D eigenvalue weighted by atomic mass is 10.3. The van der Waals surface area contributed by atoms with Crippen molar-refractivity contribution in [2.75, 3.05) is 0 Å². The van der Waals surface area contributed by atoms with Gasteiger partial charge in [-0.2, -0.15) is 5.10 Å². The third kappa shape index (κ3) is 3.57. The summed E-state index contributed by atoms with van der Waals surface area (Å²) in [6, 6.07) is 13.0. The van der Waals surface area contributed by atoms with Crippen LogP contribution in [-0.2, 0) is 6.17 Å². The molecule has 3 rings (SSSR count). The molecule has 2 aromatic carbocycles. The molecule has 7 heteroatoms.